The Labute approximate surface area is 184 Å². The van der Waals surface area contributed by atoms with E-state index in [4.69, 9.17) is 0 Å². The third kappa shape index (κ3) is 4.92. The highest BCUT2D eigenvalue weighted by Crippen LogP contribution is 2.25. The van der Waals surface area contributed by atoms with Crippen molar-refractivity contribution in [2.24, 2.45) is 5.10 Å². The molecule has 0 unspecified atom stereocenters. The maximum atomic E-state index is 12.8. The molecule has 1 N–H and O–H groups in total. The van der Waals surface area contributed by atoms with Gasteiger partial charge in [-0.2, -0.15) is 36.2 Å². The summed E-state index contributed by atoms with van der Waals surface area (Å²) in [6.45, 7) is 1.47. The molecule has 0 aliphatic carbocycles. The molecule has 0 atom stereocenters. The number of anilines is 1. The van der Waals surface area contributed by atoms with Crippen LogP contribution in [-0.4, -0.2) is 52.7 Å². The number of rotatable bonds is 6. The molecule has 174 valence electrons. The number of amides is 1. The highest BCUT2D eigenvalue weighted by atomic mass is 32.2. The van der Waals surface area contributed by atoms with Crippen LogP contribution in [-0.2, 0) is 14.8 Å². The summed E-state index contributed by atoms with van der Waals surface area (Å²) in [4.78, 5) is 21.1. The van der Waals surface area contributed by atoms with Crippen LogP contribution in [0.5, 0.6) is 0 Å². The predicted octanol–water partition coefficient (Wildman–Crippen LogP) is 2.71. The Morgan fingerprint density at radius 2 is 2.00 bits per heavy atom. The van der Waals surface area contributed by atoms with Crippen LogP contribution in [0.4, 0.5) is 24.5 Å². The molecule has 0 radical (unpaired) electrons. The summed E-state index contributed by atoms with van der Waals surface area (Å²) in [5.41, 5.74) is 0.163. The van der Waals surface area contributed by atoms with Gasteiger partial charge < -0.3 is 5.32 Å². The summed E-state index contributed by atoms with van der Waals surface area (Å²) in [5.74, 6) is -2.15. The van der Waals surface area contributed by atoms with Crippen molar-refractivity contribution in [1.82, 2.24) is 14.0 Å². The highest BCUT2D eigenvalue weighted by molar-refractivity contribution is 7.89. The Kier molecular flexibility index (Phi) is 6.09. The molecule has 0 aliphatic heterocycles. The molecule has 0 fully saturated rings. The van der Waals surface area contributed by atoms with Gasteiger partial charge in [-0.05, 0) is 24.6 Å². The van der Waals surface area contributed by atoms with Crippen molar-refractivity contribution < 1.29 is 31.3 Å². The number of nitrogens with zero attached hydrogens (tertiary/aromatic N) is 5. The molecule has 11 nitrogen and oxygen atoms in total. The SMILES string of the molecule is Cc1ccc([N+](=O)[O-])cc1S(=O)(=O)N(C)/N=C/c1cnn2ccc(NC(=O)C(F)(F)F)cc12. The first-order valence-corrected chi connectivity index (χ1v) is 10.4. The Morgan fingerprint density at radius 1 is 1.30 bits per heavy atom. The fourth-order valence-electron chi connectivity index (χ4n) is 2.71. The number of aryl methyl sites for hydroxylation is 1. The second-order valence-electron chi connectivity index (χ2n) is 6.69. The topological polar surface area (TPSA) is 139 Å². The highest BCUT2D eigenvalue weighted by Gasteiger charge is 2.38. The first kappa shape index (κ1) is 23.6. The molecular formula is C18H15F3N6O5S. The minimum atomic E-state index is -5.07. The molecule has 0 aliphatic rings. The quantitative estimate of drug-likeness (QED) is 0.324. The van der Waals surface area contributed by atoms with E-state index in [0.717, 1.165) is 19.3 Å². The summed E-state index contributed by atoms with van der Waals surface area (Å²) in [6.07, 6.45) is -1.39. The predicted molar refractivity (Wildman–Crippen MR) is 110 cm³/mol. The van der Waals surface area contributed by atoms with Gasteiger partial charge in [0.15, 0.2) is 0 Å². The summed E-state index contributed by atoms with van der Waals surface area (Å²) in [6, 6.07) is 5.79. The number of pyridine rings is 1. The molecule has 2 heterocycles. The van der Waals surface area contributed by atoms with E-state index < -0.39 is 32.7 Å². The number of carbonyl (C=O) groups is 1. The number of sulfonamides is 1. The summed E-state index contributed by atoms with van der Waals surface area (Å²) in [5, 5.41) is 20.5. The zero-order chi connectivity index (χ0) is 24.6. The van der Waals surface area contributed by atoms with Crippen molar-refractivity contribution in [2.45, 2.75) is 18.0 Å². The number of nitrogens with one attached hydrogen (secondary N) is 1. The Hall–Kier alpha value is -4.01. The lowest BCUT2D eigenvalue weighted by molar-refractivity contribution is -0.385. The van der Waals surface area contributed by atoms with Gasteiger partial charge in [0.05, 0.1) is 27.7 Å². The van der Waals surface area contributed by atoms with Crippen LogP contribution in [0.15, 0.2) is 52.7 Å². The van der Waals surface area contributed by atoms with E-state index in [1.54, 1.807) is 5.32 Å². The molecule has 33 heavy (non-hydrogen) atoms. The van der Waals surface area contributed by atoms with E-state index in [9.17, 15) is 36.5 Å². The van der Waals surface area contributed by atoms with Crippen molar-refractivity contribution in [2.75, 3.05) is 12.4 Å². The fraction of sp³-hybridized carbons (Fsp3) is 0.167. The molecule has 0 spiro atoms. The molecule has 0 bridgehead atoms. The van der Waals surface area contributed by atoms with E-state index >= 15 is 0 Å². The normalized spacial score (nSPS) is 12.3. The molecule has 2 aromatic heterocycles. The van der Waals surface area contributed by atoms with Crippen LogP contribution in [0, 0.1) is 17.0 Å². The second-order valence-corrected chi connectivity index (χ2v) is 8.61. The average Bonchev–Trinajstić information content (AvgIpc) is 3.13. The average molecular weight is 484 g/mol. The van der Waals surface area contributed by atoms with Crippen molar-refractivity contribution in [3.05, 3.63) is 64.0 Å². The first-order chi connectivity index (χ1) is 15.3. The fourth-order valence-corrected chi connectivity index (χ4v) is 3.91. The smallest absolute Gasteiger partial charge is 0.318 e. The van der Waals surface area contributed by atoms with Gasteiger partial charge in [-0.3, -0.25) is 14.9 Å². The van der Waals surface area contributed by atoms with Gasteiger partial charge in [-0.1, -0.05) is 6.07 Å². The Bertz CT molecular complexity index is 1380. The number of hydrogen-bond donors (Lipinski definition) is 1. The van der Waals surface area contributed by atoms with E-state index in [-0.39, 0.29) is 27.2 Å². The Morgan fingerprint density at radius 3 is 2.64 bits per heavy atom. The van der Waals surface area contributed by atoms with Gasteiger partial charge in [-0.15, -0.1) is 0 Å². The monoisotopic (exact) mass is 484 g/mol. The second kappa shape index (κ2) is 8.50. The maximum Gasteiger partial charge on any atom is 0.471 e. The lowest BCUT2D eigenvalue weighted by Crippen LogP contribution is -2.29. The molecule has 1 aromatic carbocycles. The van der Waals surface area contributed by atoms with Gasteiger partial charge >= 0.3 is 12.1 Å². The number of nitro benzene ring substituents is 1. The molecule has 3 aromatic rings. The molecule has 3 rings (SSSR count). The van der Waals surface area contributed by atoms with Crippen molar-refractivity contribution >= 4 is 39.0 Å². The number of fused-ring (bicyclic) bond motifs is 1. The van der Waals surface area contributed by atoms with Crippen molar-refractivity contribution in [3.63, 3.8) is 0 Å². The van der Waals surface area contributed by atoms with Gasteiger partial charge in [0, 0.05) is 36.6 Å². The third-order valence-electron chi connectivity index (χ3n) is 4.43. The number of halogens is 3. The summed E-state index contributed by atoms with van der Waals surface area (Å²) < 4.78 is 65.0. The number of aromatic nitrogens is 2. The summed E-state index contributed by atoms with van der Waals surface area (Å²) in [7, 11) is -3.13. The van der Waals surface area contributed by atoms with Gasteiger partial charge in [0.1, 0.15) is 0 Å². The van der Waals surface area contributed by atoms with E-state index in [0.29, 0.717) is 4.41 Å². The number of hydrazone groups is 1. The van der Waals surface area contributed by atoms with Gasteiger partial charge in [-0.25, -0.2) is 4.52 Å². The standard InChI is InChI=1S/C18H15F3N6O5S/c1-11-3-4-14(27(29)30)8-16(11)33(31,32)25(2)22-9-12-10-23-26-6-5-13(7-15(12)26)24-17(28)18(19,20)21/h3-10H,1-2H3,(H,24,28)/b22-9+. The van der Waals surface area contributed by atoms with Crippen molar-refractivity contribution in [1.29, 1.82) is 0 Å². The minimum absolute atomic E-state index is 0.159. The zero-order valence-corrected chi connectivity index (χ0v) is 17.8. The lowest BCUT2D eigenvalue weighted by atomic mass is 10.2. The minimum Gasteiger partial charge on any atom is -0.318 e. The van der Waals surface area contributed by atoms with Crippen LogP contribution < -0.4 is 5.32 Å². The number of non-ortho nitro benzene ring substituents is 1. The summed E-state index contributed by atoms with van der Waals surface area (Å²) >= 11 is 0. The lowest BCUT2D eigenvalue weighted by Gasteiger charge is -2.15. The molecule has 1 amide bonds. The van der Waals surface area contributed by atoms with Crippen LogP contribution in [0.2, 0.25) is 0 Å². The Balaban J connectivity index is 1.91. The van der Waals surface area contributed by atoms with E-state index in [1.807, 2.05) is 0 Å². The third-order valence-corrected chi connectivity index (χ3v) is 6.22. The largest absolute Gasteiger partial charge is 0.471 e. The van der Waals surface area contributed by atoms with Crippen LogP contribution >= 0.6 is 0 Å². The van der Waals surface area contributed by atoms with Crippen LogP contribution in [0.3, 0.4) is 0 Å². The first-order valence-electron chi connectivity index (χ1n) is 8.94. The van der Waals surface area contributed by atoms with E-state index in [1.165, 1.54) is 48.1 Å². The molecule has 0 saturated heterocycles. The van der Waals surface area contributed by atoms with Gasteiger partial charge in [0.25, 0.3) is 15.7 Å². The van der Waals surface area contributed by atoms with Crippen molar-refractivity contribution in [3.8, 4) is 0 Å². The van der Waals surface area contributed by atoms with Gasteiger partial charge in [0.2, 0.25) is 0 Å². The number of benzene rings is 1. The molecule has 15 heteroatoms. The number of alkyl halides is 3. The van der Waals surface area contributed by atoms with E-state index in [2.05, 4.69) is 10.2 Å². The van der Waals surface area contributed by atoms with Crippen LogP contribution in [0.1, 0.15) is 11.1 Å². The molecular weight excluding hydrogens is 469 g/mol. The molecule has 0 saturated carbocycles. The number of carbonyl (C=O) groups excluding carboxylic acids is 1. The number of nitro groups is 1. The maximum absolute atomic E-state index is 12.8. The van der Waals surface area contributed by atoms with Crippen LogP contribution in [0.25, 0.3) is 5.52 Å². The number of hydrogen-bond acceptors (Lipinski definition) is 7. The zero-order valence-electron chi connectivity index (χ0n) is 16.9.